The van der Waals surface area contributed by atoms with Crippen LogP contribution < -0.4 is 0 Å². The van der Waals surface area contributed by atoms with Gasteiger partial charge in [-0.3, -0.25) is 9.80 Å². The summed E-state index contributed by atoms with van der Waals surface area (Å²) >= 11 is 11.1. The number of benzene rings is 4. The lowest BCUT2D eigenvalue weighted by molar-refractivity contribution is 0.0429. The molecular formula is C36H35Br3N2O2. The Kier molecular flexibility index (Phi) is 8.68. The summed E-state index contributed by atoms with van der Waals surface area (Å²) in [7, 11) is 0. The molecule has 0 bridgehead atoms. The summed E-state index contributed by atoms with van der Waals surface area (Å²) in [5, 5.41) is 22.5. The molecule has 222 valence electrons. The summed E-state index contributed by atoms with van der Waals surface area (Å²) in [5.74, 6) is 0.393. The topological polar surface area (TPSA) is 46.9 Å². The van der Waals surface area contributed by atoms with Gasteiger partial charge in [-0.25, -0.2) is 0 Å². The van der Waals surface area contributed by atoms with Gasteiger partial charge in [0.05, 0.1) is 12.2 Å². The second kappa shape index (κ2) is 12.5. The number of hydrogen-bond acceptors (Lipinski definition) is 4. The molecule has 7 rings (SSSR count). The molecule has 4 aromatic rings. The number of β-amino-alcohol motifs (C(OH)–C–C–N with tert-alkyl or cyclic N) is 2. The lowest BCUT2D eigenvalue weighted by atomic mass is 9.90. The fourth-order valence-corrected chi connectivity index (χ4v) is 9.45. The zero-order chi connectivity index (χ0) is 29.7. The maximum absolute atomic E-state index is 11.3. The molecule has 0 amide bonds. The van der Waals surface area contributed by atoms with Crippen LogP contribution in [0.3, 0.4) is 0 Å². The van der Waals surface area contributed by atoms with E-state index in [1.165, 1.54) is 44.5 Å². The Bertz CT molecular complexity index is 1610. The molecule has 1 fully saturated rings. The standard InChI is InChI=1S/C36H35Br3N2O2/c37-22-9-10-30-31(15-22)33-16-23(38)17-35(39)36(33)34(30)19-25(43)21-41-13-11-40(12-14-41)20-24(42)18-32-28-7-3-1-5-26(28)27-6-2-4-8-29(27)32/h1-10,15-17,24-25,32,34,42-43H,11-14,18-21H2/t24-,25-,34+/m1/s1. The van der Waals surface area contributed by atoms with E-state index in [1.807, 2.05) is 0 Å². The van der Waals surface area contributed by atoms with Crippen molar-refractivity contribution in [3.8, 4) is 22.3 Å². The zero-order valence-corrected chi connectivity index (χ0v) is 28.7. The van der Waals surface area contributed by atoms with Crippen LogP contribution in [0, 0.1) is 0 Å². The second-order valence-electron chi connectivity index (χ2n) is 12.2. The van der Waals surface area contributed by atoms with Crippen LogP contribution in [0.2, 0.25) is 0 Å². The monoisotopic (exact) mass is 764 g/mol. The van der Waals surface area contributed by atoms with Gasteiger partial charge in [0.1, 0.15) is 0 Å². The number of fused-ring (bicyclic) bond motifs is 6. The predicted molar refractivity (Wildman–Crippen MR) is 185 cm³/mol. The highest BCUT2D eigenvalue weighted by Gasteiger charge is 2.34. The van der Waals surface area contributed by atoms with Gasteiger partial charge in [-0.15, -0.1) is 0 Å². The molecule has 0 saturated carbocycles. The Balaban J connectivity index is 0.946. The van der Waals surface area contributed by atoms with Crippen LogP contribution in [0.5, 0.6) is 0 Å². The van der Waals surface area contributed by atoms with Gasteiger partial charge in [-0.05, 0) is 81.6 Å². The van der Waals surface area contributed by atoms with E-state index >= 15 is 0 Å². The van der Waals surface area contributed by atoms with Crippen molar-refractivity contribution in [2.75, 3.05) is 39.3 Å². The van der Waals surface area contributed by atoms with E-state index in [0.717, 1.165) is 46.0 Å². The maximum atomic E-state index is 11.3. The van der Waals surface area contributed by atoms with Crippen molar-refractivity contribution in [3.63, 3.8) is 0 Å². The third-order valence-electron chi connectivity index (χ3n) is 9.50. The Hall–Kier alpha value is -1.84. The highest BCUT2D eigenvalue weighted by atomic mass is 79.9. The van der Waals surface area contributed by atoms with Crippen LogP contribution in [0.25, 0.3) is 22.3 Å². The normalized spacial score (nSPS) is 19.5. The fraction of sp³-hybridized carbons (Fsp3) is 0.333. The van der Waals surface area contributed by atoms with E-state index in [4.69, 9.17) is 0 Å². The van der Waals surface area contributed by atoms with Crippen molar-refractivity contribution in [1.82, 2.24) is 9.80 Å². The zero-order valence-electron chi connectivity index (χ0n) is 23.9. The summed E-state index contributed by atoms with van der Waals surface area (Å²) in [5.41, 5.74) is 10.3. The van der Waals surface area contributed by atoms with Crippen molar-refractivity contribution in [3.05, 3.63) is 115 Å². The lowest BCUT2D eigenvalue weighted by Crippen LogP contribution is -2.50. The van der Waals surface area contributed by atoms with Crippen LogP contribution >= 0.6 is 47.8 Å². The van der Waals surface area contributed by atoms with Crippen LogP contribution in [-0.4, -0.2) is 71.5 Å². The predicted octanol–water partition coefficient (Wildman–Crippen LogP) is 8.02. The first kappa shape index (κ1) is 29.8. The molecule has 1 heterocycles. The first-order valence-electron chi connectivity index (χ1n) is 15.1. The average molecular weight is 767 g/mol. The summed E-state index contributed by atoms with van der Waals surface area (Å²) in [6, 6.07) is 28.1. The maximum Gasteiger partial charge on any atom is 0.0676 e. The molecule has 2 aliphatic carbocycles. The fourth-order valence-electron chi connectivity index (χ4n) is 7.59. The average Bonchev–Trinajstić information content (AvgIpc) is 3.46. The molecular weight excluding hydrogens is 732 g/mol. The van der Waals surface area contributed by atoms with E-state index in [1.54, 1.807) is 0 Å². The summed E-state index contributed by atoms with van der Waals surface area (Å²) in [4.78, 5) is 4.77. The quantitative estimate of drug-likeness (QED) is 0.191. The van der Waals surface area contributed by atoms with Gasteiger partial charge in [0.2, 0.25) is 0 Å². The third kappa shape index (κ3) is 5.95. The molecule has 0 radical (unpaired) electrons. The molecule has 3 aliphatic rings. The van der Waals surface area contributed by atoms with Gasteiger partial charge < -0.3 is 10.2 Å². The van der Waals surface area contributed by atoms with Crippen molar-refractivity contribution in [2.45, 2.75) is 36.9 Å². The molecule has 1 aliphatic heterocycles. The van der Waals surface area contributed by atoms with Crippen LogP contribution in [0.15, 0.2) is 92.3 Å². The summed E-state index contributed by atoms with van der Waals surface area (Å²) in [6.07, 6.45) is 0.607. The molecule has 4 nitrogen and oxygen atoms in total. The summed E-state index contributed by atoms with van der Waals surface area (Å²) in [6.45, 7) is 4.97. The number of piperazine rings is 1. The number of aliphatic hydroxyl groups is 2. The minimum Gasteiger partial charge on any atom is -0.392 e. The number of halogens is 3. The first-order valence-corrected chi connectivity index (χ1v) is 17.5. The molecule has 1 saturated heterocycles. The smallest absolute Gasteiger partial charge is 0.0676 e. The molecule has 43 heavy (non-hydrogen) atoms. The van der Waals surface area contributed by atoms with Crippen LogP contribution in [0.4, 0.5) is 0 Å². The van der Waals surface area contributed by atoms with E-state index in [0.29, 0.717) is 19.5 Å². The van der Waals surface area contributed by atoms with E-state index in [2.05, 4.69) is 136 Å². The summed E-state index contributed by atoms with van der Waals surface area (Å²) < 4.78 is 3.19. The molecule has 7 heteroatoms. The Morgan fingerprint density at radius 2 is 1.09 bits per heavy atom. The van der Waals surface area contributed by atoms with E-state index in [-0.39, 0.29) is 17.9 Å². The lowest BCUT2D eigenvalue weighted by Gasteiger charge is -2.37. The number of aliphatic hydroxyl groups excluding tert-OH is 2. The largest absolute Gasteiger partial charge is 0.392 e. The van der Waals surface area contributed by atoms with Crippen LogP contribution in [0.1, 0.15) is 46.9 Å². The first-order chi connectivity index (χ1) is 20.9. The van der Waals surface area contributed by atoms with Crippen molar-refractivity contribution in [2.24, 2.45) is 0 Å². The van der Waals surface area contributed by atoms with Gasteiger partial charge in [0.15, 0.2) is 0 Å². The molecule has 0 unspecified atom stereocenters. The Labute approximate surface area is 279 Å². The molecule has 0 spiro atoms. The SMILES string of the molecule is O[C@H](CC1c2ccccc2-c2ccccc21)CN1CCN(C[C@H](O)C[C@H]2c3ccc(Br)cc3-c3cc(Br)cc(Br)c32)CC1. The van der Waals surface area contributed by atoms with Gasteiger partial charge in [0.25, 0.3) is 0 Å². The molecule has 4 aromatic carbocycles. The molecule has 3 atom stereocenters. The van der Waals surface area contributed by atoms with Crippen molar-refractivity contribution < 1.29 is 10.2 Å². The highest BCUT2D eigenvalue weighted by molar-refractivity contribution is 9.11. The van der Waals surface area contributed by atoms with Crippen molar-refractivity contribution in [1.29, 1.82) is 0 Å². The highest BCUT2D eigenvalue weighted by Crippen LogP contribution is 2.51. The number of rotatable bonds is 8. The van der Waals surface area contributed by atoms with Gasteiger partial charge in [0, 0.05) is 64.5 Å². The van der Waals surface area contributed by atoms with Gasteiger partial charge in [-0.2, -0.15) is 0 Å². The second-order valence-corrected chi connectivity index (χ2v) is 14.9. The van der Waals surface area contributed by atoms with Crippen molar-refractivity contribution >= 4 is 47.8 Å². The van der Waals surface area contributed by atoms with E-state index in [9.17, 15) is 10.2 Å². The molecule has 2 N–H and O–H groups in total. The third-order valence-corrected chi connectivity index (χ3v) is 11.1. The Morgan fingerprint density at radius 3 is 1.70 bits per heavy atom. The Morgan fingerprint density at radius 1 is 0.581 bits per heavy atom. The van der Waals surface area contributed by atoms with Gasteiger partial charge >= 0.3 is 0 Å². The van der Waals surface area contributed by atoms with Gasteiger partial charge in [-0.1, -0.05) is 102 Å². The molecule has 0 aromatic heterocycles. The number of nitrogens with zero attached hydrogens (tertiary/aromatic N) is 2. The minimum atomic E-state index is -0.428. The van der Waals surface area contributed by atoms with E-state index < -0.39 is 6.10 Å². The number of hydrogen-bond donors (Lipinski definition) is 2. The van der Waals surface area contributed by atoms with Crippen LogP contribution in [-0.2, 0) is 0 Å². The minimum absolute atomic E-state index is 0.151.